The average Bonchev–Trinajstić information content (AvgIpc) is 3.14. The number of hydrogen-bond acceptors (Lipinski definition) is 6. The molecule has 1 aliphatic rings. The molecule has 0 aliphatic carbocycles. The maximum absolute atomic E-state index is 12.8. The second kappa shape index (κ2) is 8.55. The Labute approximate surface area is 168 Å². The largest absolute Gasteiger partial charge is 0.340 e. The van der Waals surface area contributed by atoms with E-state index in [2.05, 4.69) is 14.9 Å². The first-order chi connectivity index (χ1) is 14.2. The number of hydrogen-bond donors (Lipinski definition) is 2. The van der Waals surface area contributed by atoms with Crippen molar-refractivity contribution in [2.24, 2.45) is 0 Å². The Morgan fingerprint density at radius 1 is 1.21 bits per heavy atom. The van der Waals surface area contributed by atoms with Gasteiger partial charge in [0.1, 0.15) is 0 Å². The van der Waals surface area contributed by atoms with E-state index in [0.717, 1.165) is 33.5 Å². The standard InChI is InChI=1S/C19H21N6O3P/c26-17(22-28)14-10-20-18(21-11-14)23-8-9-29-16(12-23)13-24-6-7-25(19(24)27)15-4-2-1-3-5-15/h1-7,10-11,16,28-29H,8-9,12-13H2,(H,22,26). The summed E-state index contributed by atoms with van der Waals surface area (Å²) in [4.78, 5) is 34.7. The number of rotatable bonds is 5. The SMILES string of the molecule is O=C(NO)c1cnc(N2CCPC(Cn3ccn(-c4ccccc4)c3=O)C2)nc1. The molecule has 1 saturated heterocycles. The highest BCUT2D eigenvalue weighted by molar-refractivity contribution is 7.39. The number of carbonyl (C=O) groups excluding carboxylic acids is 1. The zero-order valence-corrected chi connectivity index (χ0v) is 16.6. The predicted molar refractivity (Wildman–Crippen MR) is 110 cm³/mol. The van der Waals surface area contributed by atoms with Crippen molar-refractivity contribution < 1.29 is 10.0 Å². The van der Waals surface area contributed by atoms with Crippen LogP contribution < -0.4 is 16.1 Å². The Hall–Kier alpha value is -3.03. The Balaban J connectivity index is 1.45. The summed E-state index contributed by atoms with van der Waals surface area (Å²) in [5, 5.41) is 8.68. The Kier molecular flexibility index (Phi) is 5.69. The van der Waals surface area contributed by atoms with Crippen molar-refractivity contribution in [3.8, 4) is 5.69 Å². The van der Waals surface area contributed by atoms with Crippen molar-refractivity contribution in [2.75, 3.05) is 24.2 Å². The summed E-state index contributed by atoms with van der Waals surface area (Å²) in [7, 11) is 0.752. The summed E-state index contributed by atoms with van der Waals surface area (Å²) < 4.78 is 3.40. The van der Waals surface area contributed by atoms with Gasteiger partial charge in [-0.1, -0.05) is 18.2 Å². The van der Waals surface area contributed by atoms with Gasteiger partial charge < -0.3 is 4.90 Å². The lowest BCUT2D eigenvalue weighted by Crippen LogP contribution is -2.41. The van der Waals surface area contributed by atoms with Crippen LogP contribution in [0.1, 0.15) is 10.4 Å². The minimum absolute atomic E-state index is 0.0475. The topological polar surface area (TPSA) is 105 Å². The van der Waals surface area contributed by atoms with E-state index < -0.39 is 5.91 Å². The quantitative estimate of drug-likeness (QED) is 0.370. The van der Waals surface area contributed by atoms with Crippen LogP contribution in [-0.2, 0) is 6.54 Å². The van der Waals surface area contributed by atoms with Gasteiger partial charge in [0.05, 0.1) is 11.3 Å². The van der Waals surface area contributed by atoms with Crippen LogP contribution >= 0.6 is 8.58 Å². The molecular weight excluding hydrogens is 391 g/mol. The minimum atomic E-state index is -0.642. The molecule has 1 fully saturated rings. The summed E-state index contributed by atoms with van der Waals surface area (Å²) in [6.07, 6.45) is 7.42. The predicted octanol–water partition coefficient (Wildman–Crippen LogP) is 1.12. The van der Waals surface area contributed by atoms with Gasteiger partial charge in [-0.15, -0.1) is 8.58 Å². The van der Waals surface area contributed by atoms with E-state index in [1.807, 2.05) is 36.5 Å². The maximum Gasteiger partial charge on any atom is 0.332 e. The van der Waals surface area contributed by atoms with Gasteiger partial charge in [-0.05, 0) is 18.3 Å². The highest BCUT2D eigenvalue weighted by Gasteiger charge is 2.23. The monoisotopic (exact) mass is 412 g/mol. The van der Waals surface area contributed by atoms with Crippen LogP contribution in [0.5, 0.6) is 0 Å². The third-order valence-electron chi connectivity index (χ3n) is 4.84. The molecule has 3 heterocycles. The Morgan fingerprint density at radius 3 is 2.69 bits per heavy atom. The molecule has 1 amide bonds. The van der Waals surface area contributed by atoms with Crippen LogP contribution in [0.3, 0.4) is 0 Å². The number of hydroxylamine groups is 1. The minimum Gasteiger partial charge on any atom is -0.340 e. The zero-order chi connectivity index (χ0) is 20.2. The summed E-state index contributed by atoms with van der Waals surface area (Å²) in [5.74, 6) is -0.0972. The second-order valence-electron chi connectivity index (χ2n) is 6.75. The van der Waals surface area contributed by atoms with Gasteiger partial charge in [0, 0.05) is 50.1 Å². The molecule has 1 aliphatic heterocycles. The van der Waals surface area contributed by atoms with Crippen molar-refractivity contribution in [3.63, 3.8) is 0 Å². The van der Waals surface area contributed by atoms with E-state index in [4.69, 9.17) is 5.21 Å². The number of imidazole rings is 1. The number of aromatic nitrogens is 4. The lowest BCUT2D eigenvalue weighted by molar-refractivity contribution is 0.0705. The van der Waals surface area contributed by atoms with E-state index in [1.165, 1.54) is 12.4 Å². The first kappa shape index (κ1) is 19.3. The van der Waals surface area contributed by atoms with Gasteiger partial charge in [-0.3, -0.25) is 19.1 Å². The molecule has 10 heteroatoms. The zero-order valence-electron chi connectivity index (χ0n) is 15.6. The molecule has 9 nitrogen and oxygen atoms in total. The second-order valence-corrected chi connectivity index (χ2v) is 8.47. The maximum atomic E-state index is 12.8. The molecule has 0 saturated carbocycles. The molecule has 4 rings (SSSR count). The van der Waals surface area contributed by atoms with Crippen LogP contribution in [0.4, 0.5) is 5.95 Å². The number of carbonyl (C=O) groups is 1. The number of para-hydroxylation sites is 1. The van der Waals surface area contributed by atoms with Crippen LogP contribution in [0, 0.1) is 0 Å². The summed E-state index contributed by atoms with van der Waals surface area (Å²) >= 11 is 0. The van der Waals surface area contributed by atoms with E-state index in [-0.39, 0.29) is 11.3 Å². The van der Waals surface area contributed by atoms with Crippen LogP contribution in [-0.4, -0.2) is 55.1 Å². The van der Waals surface area contributed by atoms with Crippen molar-refractivity contribution in [1.29, 1.82) is 0 Å². The molecule has 0 spiro atoms. The fourth-order valence-corrected chi connectivity index (χ4v) is 4.85. The van der Waals surface area contributed by atoms with Crippen LogP contribution in [0.15, 0.2) is 59.9 Å². The molecule has 2 aromatic heterocycles. The number of amides is 1. The van der Waals surface area contributed by atoms with E-state index in [0.29, 0.717) is 18.2 Å². The average molecular weight is 412 g/mol. The molecule has 150 valence electrons. The summed E-state index contributed by atoms with van der Waals surface area (Å²) in [5.41, 5.74) is 2.88. The van der Waals surface area contributed by atoms with Gasteiger partial charge in [0.15, 0.2) is 0 Å². The van der Waals surface area contributed by atoms with Gasteiger partial charge >= 0.3 is 5.69 Å². The Bertz CT molecular complexity index is 1030. The number of nitrogens with zero attached hydrogens (tertiary/aromatic N) is 5. The molecule has 29 heavy (non-hydrogen) atoms. The smallest absolute Gasteiger partial charge is 0.332 e. The summed E-state index contributed by atoms with van der Waals surface area (Å²) in [6, 6.07) is 9.57. The van der Waals surface area contributed by atoms with Crippen molar-refractivity contribution in [1.82, 2.24) is 24.6 Å². The molecule has 3 aromatic rings. The van der Waals surface area contributed by atoms with Gasteiger partial charge in [-0.25, -0.2) is 20.2 Å². The van der Waals surface area contributed by atoms with Crippen molar-refractivity contribution in [3.05, 3.63) is 71.2 Å². The normalized spacial score (nSPS) is 17.4. The highest BCUT2D eigenvalue weighted by atomic mass is 31.1. The van der Waals surface area contributed by atoms with Gasteiger partial charge in [0.2, 0.25) is 5.95 Å². The molecular formula is C19H21N6O3P. The fourth-order valence-electron chi connectivity index (χ4n) is 3.37. The van der Waals surface area contributed by atoms with Crippen LogP contribution in [0.25, 0.3) is 5.69 Å². The number of benzene rings is 1. The van der Waals surface area contributed by atoms with E-state index in [9.17, 15) is 9.59 Å². The summed E-state index contributed by atoms with van der Waals surface area (Å²) in [6.45, 7) is 2.21. The molecule has 2 N–H and O–H groups in total. The molecule has 1 aromatic carbocycles. The molecule has 2 atom stereocenters. The first-order valence-electron chi connectivity index (χ1n) is 9.24. The van der Waals surface area contributed by atoms with E-state index in [1.54, 1.807) is 20.8 Å². The van der Waals surface area contributed by atoms with Crippen molar-refractivity contribution in [2.45, 2.75) is 12.2 Å². The van der Waals surface area contributed by atoms with Crippen molar-refractivity contribution >= 4 is 20.4 Å². The van der Waals surface area contributed by atoms with Crippen LogP contribution in [0.2, 0.25) is 0 Å². The molecule has 2 unspecified atom stereocenters. The van der Waals surface area contributed by atoms with Gasteiger partial charge in [-0.2, -0.15) is 0 Å². The first-order valence-corrected chi connectivity index (χ1v) is 10.5. The number of nitrogens with one attached hydrogen (secondary N) is 1. The van der Waals surface area contributed by atoms with Gasteiger partial charge in [0.25, 0.3) is 5.91 Å². The Morgan fingerprint density at radius 2 is 1.97 bits per heavy atom. The molecule has 0 bridgehead atoms. The number of anilines is 1. The third kappa shape index (κ3) is 4.21. The highest BCUT2D eigenvalue weighted by Crippen LogP contribution is 2.28. The fraction of sp³-hybridized carbons (Fsp3) is 0.263. The third-order valence-corrected chi connectivity index (χ3v) is 6.29. The molecule has 0 radical (unpaired) electrons. The van der Waals surface area contributed by atoms with E-state index >= 15 is 0 Å². The lowest BCUT2D eigenvalue weighted by atomic mass is 10.3. The lowest BCUT2D eigenvalue weighted by Gasteiger charge is -2.32.